The maximum Gasteiger partial charge on any atom is 0.101 e. The predicted octanol–water partition coefficient (Wildman–Crippen LogP) is 7.64. The van der Waals surface area contributed by atoms with Gasteiger partial charge in [-0.2, -0.15) is 10.2 Å². The Bertz CT molecular complexity index is 1590. The largest absolute Gasteiger partial charge is 0.371 e. The van der Waals surface area contributed by atoms with E-state index < -0.39 is 0 Å². The molecule has 224 valence electrons. The average Bonchev–Trinajstić information content (AvgIpc) is 4.05. The number of benzene rings is 5. The van der Waals surface area contributed by atoms with E-state index in [1.165, 1.54) is 0 Å². The van der Waals surface area contributed by atoms with Crippen LogP contribution in [-0.4, -0.2) is 50.9 Å². The van der Waals surface area contributed by atoms with Crippen LogP contribution >= 0.6 is 0 Å². The number of para-hydroxylation sites is 3. The molecule has 7 heteroatoms. The molecule has 2 aliphatic heterocycles. The highest BCUT2D eigenvalue weighted by Crippen LogP contribution is 2.34. The van der Waals surface area contributed by atoms with Gasteiger partial charge in [0.2, 0.25) is 0 Å². The van der Waals surface area contributed by atoms with Crippen LogP contribution in [0.1, 0.15) is 11.1 Å². The molecule has 0 amide bonds. The third-order valence-corrected chi connectivity index (χ3v) is 7.68. The Balaban J connectivity index is 1.10. The van der Waals surface area contributed by atoms with Crippen molar-refractivity contribution < 1.29 is 9.47 Å². The van der Waals surface area contributed by atoms with E-state index in [1.54, 1.807) is 0 Å². The minimum absolute atomic E-state index is 0.238. The normalized spacial score (nSPS) is 17.0. The molecule has 0 saturated carbocycles. The number of ether oxygens (including phenoxy) is 2. The van der Waals surface area contributed by atoms with Gasteiger partial charge in [-0.3, -0.25) is 10.0 Å². The Morgan fingerprint density at radius 1 is 0.467 bits per heavy atom. The van der Waals surface area contributed by atoms with Crippen LogP contribution < -0.4 is 14.9 Å². The summed E-state index contributed by atoms with van der Waals surface area (Å²) in [6.45, 7) is 3.05. The first-order valence-corrected chi connectivity index (χ1v) is 15.3. The number of hydrogen-bond donors (Lipinski definition) is 0. The summed E-state index contributed by atoms with van der Waals surface area (Å²) in [5, 5.41) is 13.6. The Morgan fingerprint density at radius 2 is 0.800 bits per heavy atom. The highest BCUT2D eigenvalue weighted by molar-refractivity contribution is 5.85. The monoisotopic (exact) mass is 593 g/mol. The minimum atomic E-state index is 0.238. The molecule has 5 aromatic rings. The molecule has 0 N–H and O–H groups in total. The van der Waals surface area contributed by atoms with E-state index >= 15 is 0 Å². The highest BCUT2D eigenvalue weighted by Gasteiger charge is 2.26. The molecule has 0 aliphatic carbocycles. The van der Waals surface area contributed by atoms with E-state index in [1.807, 2.05) is 64.9 Å². The molecule has 0 aromatic heterocycles. The standard InChI is InChI=1S/C38H35N5O2/c1-4-10-32(11-5-1)41(26-37-28-44-37)39-24-30-16-20-35(21-17-30)43(34-14-8-3-9-15-34)36-22-18-31(19-23-36)25-40-42(27-38-29-45-38)33-12-6-2-7-13-33/h1-25,37-38H,26-29H2. The van der Waals surface area contributed by atoms with Gasteiger partial charge in [0.25, 0.3) is 0 Å². The number of rotatable bonds is 13. The van der Waals surface area contributed by atoms with Crippen molar-refractivity contribution in [2.24, 2.45) is 10.2 Å². The van der Waals surface area contributed by atoms with Gasteiger partial charge in [0.1, 0.15) is 12.2 Å². The molecule has 0 spiro atoms. The van der Waals surface area contributed by atoms with Crippen molar-refractivity contribution in [3.05, 3.63) is 151 Å². The van der Waals surface area contributed by atoms with Crippen LogP contribution in [0.2, 0.25) is 0 Å². The first-order chi connectivity index (χ1) is 22.3. The molecule has 2 unspecified atom stereocenters. The van der Waals surface area contributed by atoms with E-state index in [4.69, 9.17) is 19.7 Å². The zero-order chi connectivity index (χ0) is 30.3. The van der Waals surface area contributed by atoms with Crippen LogP contribution in [0.25, 0.3) is 0 Å². The van der Waals surface area contributed by atoms with E-state index in [-0.39, 0.29) is 12.2 Å². The second-order valence-electron chi connectivity index (χ2n) is 11.1. The van der Waals surface area contributed by atoms with E-state index in [2.05, 4.69) is 102 Å². The molecular weight excluding hydrogens is 558 g/mol. The van der Waals surface area contributed by atoms with Crippen molar-refractivity contribution in [3.8, 4) is 0 Å². The van der Waals surface area contributed by atoms with Crippen LogP contribution in [0.5, 0.6) is 0 Å². The zero-order valence-corrected chi connectivity index (χ0v) is 25.0. The number of nitrogens with zero attached hydrogens (tertiary/aromatic N) is 5. The molecule has 2 atom stereocenters. The molecule has 7 rings (SSSR count). The summed E-state index contributed by atoms with van der Waals surface area (Å²) in [6, 6.07) is 47.8. The summed E-state index contributed by atoms with van der Waals surface area (Å²) < 4.78 is 10.9. The van der Waals surface area contributed by atoms with Crippen LogP contribution in [0.3, 0.4) is 0 Å². The SMILES string of the molecule is C(=NN(CC1CO1)c1ccccc1)c1ccc(N(c2ccccc2)c2ccc(C=NN(CC3CO3)c3ccccc3)cc2)cc1. The van der Waals surface area contributed by atoms with Crippen molar-refractivity contribution in [1.82, 2.24) is 0 Å². The van der Waals surface area contributed by atoms with Crippen molar-refractivity contribution in [2.45, 2.75) is 12.2 Å². The quantitative estimate of drug-likeness (QED) is 0.0798. The highest BCUT2D eigenvalue weighted by atomic mass is 16.6. The summed E-state index contributed by atoms with van der Waals surface area (Å²) >= 11 is 0. The Morgan fingerprint density at radius 3 is 1.16 bits per heavy atom. The molecule has 45 heavy (non-hydrogen) atoms. The van der Waals surface area contributed by atoms with E-state index in [9.17, 15) is 0 Å². The van der Waals surface area contributed by atoms with Gasteiger partial charge in [-0.05, 0) is 71.8 Å². The molecule has 2 aliphatic rings. The summed E-state index contributed by atoms with van der Waals surface area (Å²) in [6.07, 6.45) is 4.30. The van der Waals surface area contributed by atoms with Gasteiger partial charge in [-0.1, -0.05) is 78.9 Å². The fraction of sp³-hybridized carbons (Fsp3) is 0.158. The fourth-order valence-electron chi connectivity index (χ4n) is 5.09. The minimum Gasteiger partial charge on any atom is -0.371 e. The van der Waals surface area contributed by atoms with Gasteiger partial charge >= 0.3 is 0 Å². The molecule has 0 bridgehead atoms. The summed E-state index contributed by atoms with van der Waals surface area (Å²) in [5.41, 5.74) is 7.35. The molecule has 2 heterocycles. The van der Waals surface area contributed by atoms with Gasteiger partial charge in [0, 0.05) is 17.1 Å². The van der Waals surface area contributed by atoms with Gasteiger partial charge < -0.3 is 14.4 Å². The lowest BCUT2D eigenvalue weighted by Crippen LogP contribution is -2.22. The second kappa shape index (κ2) is 13.6. The number of hydrazone groups is 2. The van der Waals surface area contributed by atoms with Crippen molar-refractivity contribution in [2.75, 3.05) is 41.2 Å². The summed E-state index contributed by atoms with van der Waals surface area (Å²) in [4.78, 5) is 2.25. The third kappa shape index (κ3) is 7.65. The first-order valence-electron chi connectivity index (χ1n) is 15.3. The predicted molar refractivity (Wildman–Crippen MR) is 183 cm³/mol. The molecule has 0 radical (unpaired) electrons. The lowest BCUT2D eigenvalue weighted by atomic mass is 10.1. The molecule has 2 saturated heterocycles. The number of hydrogen-bond acceptors (Lipinski definition) is 7. The zero-order valence-electron chi connectivity index (χ0n) is 25.0. The summed E-state index contributed by atoms with van der Waals surface area (Å²) in [7, 11) is 0. The molecular formula is C38H35N5O2. The van der Waals surface area contributed by atoms with Gasteiger partial charge in [0.05, 0.1) is 50.1 Å². The van der Waals surface area contributed by atoms with Crippen LogP contribution in [0.15, 0.2) is 150 Å². The van der Waals surface area contributed by atoms with Crippen LogP contribution in [-0.2, 0) is 9.47 Å². The number of epoxide rings is 2. The van der Waals surface area contributed by atoms with Gasteiger partial charge in [-0.25, -0.2) is 0 Å². The first kappa shape index (κ1) is 28.5. The van der Waals surface area contributed by atoms with Crippen molar-refractivity contribution in [1.29, 1.82) is 0 Å². The van der Waals surface area contributed by atoms with Gasteiger partial charge in [0.15, 0.2) is 0 Å². The lowest BCUT2D eigenvalue weighted by molar-refractivity contribution is 0.408. The molecule has 7 nitrogen and oxygen atoms in total. The van der Waals surface area contributed by atoms with E-state index in [0.29, 0.717) is 0 Å². The topological polar surface area (TPSA) is 59.5 Å². The van der Waals surface area contributed by atoms with E-state index in [0.717, 1.165) is 65.9 Å². The molecule has 5 aromatic carbocycles. The van der Waals surface area contributed by atoms with Gasteiger partial charge in [-0.15, -0.1) is 0 Å². The smallest absolute Gasteiger partial charge is 0.101 e. The summed E-state index contributed by atoms with van der Waals surface area (Å²) in [5.74, 6) is 0. The Labute approximate surface area is 264 Å². The maximum atomic E-state index is 5.47. The van der Waals surface area contributed by atoms with Crippen molar-refractivity contribution in [3.63, 3.8) is 0 Å². The maximum absolute atomic E-state index is 5.47. The lowest BCUT2D eigenvalue weighted by Gasteiger charge is -2.25. The number of anilines is 5. The third-order valence-electron chi connectivity index (χ3n) is 7.68. The molecule has 2 fully saturated rings. The van der Waals surface area contributed by atoms with Crippen LogP contribution in [0, 0.1) is 0 Å². The fourth-order valence-corrected chi connectivity index (χ4v) is 5.09. The Hall–Kier alpha value is -5.24. The van der Waals surface area contributed by atoms with Crippen LogP contribution in [0.4, 0.5) is 28.4 Å². The Kier molecular flexibility index (Phi) is 8.62. The van der Waals surface area contributed by atoms with Crippen molar-refractivity contribution >= 4 is 40.9 Å². The average molecular weight is 594 g/mol. The second-order valence-corrected chi connectivity index (χ2v) is 11.1.